The van der Waals surface area contributed by atoms with Crippen molar-refractivity contribution in [3.05, 3.63) is 33.4 Å². The van der Waals surface area contributed by atoms with Gasteiger partial charge >= 0.3 is 0 Å². The van der Waals surface area contributed by atoms with Gasteiger partial charge < -0.3 is 10.1 Å². The van der Waals surface area contributed by atoms with Crippen LogP contribution < -0.4 is 5.32 Å². The van der Waals surface area contributed by atoms with E-state index in [4.69, 9.17) is 4.74 Å². The number of rotatable bonds is 7. The first-order valence-corrected chi connectivity index (χ1v) is 8.50. The van der Waals surface area contributed by atoms with E-state index in [0.717, 1.165) is 19.7 Å². The van der Waals surface area contributed by atoms with Gasteiger partial charge in [0.05, 0.1) is 6.61 Å². The molecule has 0 aromatic heterocycles. The van der Waals surface area contributed by atoms with E-state index in [9.17, 15) is 0 Å². The number of methoxy groups -OCH3 is 1. The lowest BCUT2D eigenvalue weighted by Gasteiger charge is -2.31. The maximum Gasteiger partial charge on any atom is 0.0589 e. The van der Waals surface area contributed by atoms with Gasteiger partial charge in [-0.25, -0.2) is 0 Å². The SMILES string of the molecule is COCCN(CC1CCCN1)C(C)c1ccc(I)cc1. The molecule has 112 valence electrons. The molecular weight excluding hydrogens is 363 g/mol. The normalized spacial score (nSPS) is 20.5. The summed E-state index contributed by atoms with van der Waals surface area (Å²) in [6.45, 7) is 6.35. The van der Waals surface area contributed by atoms with E-state index in [1.807, 2.05) is 0 Å². The predicted molar refractivity (Wildman–Crippen MR) is 92.0 cm³/mol. The van der Waals surface area contributed by atoms with Gasteiger partial charge in [0, 0.05) is 35.9 Å². The van der Waals surface area contributed by atoms with Gasteiger partial charge in [-0.2, -0.15) is 0 Å². The van der Waals surface area contributed by atoms with Gasteiger partial charge in [0.25, 0.3) is 0 Å². The van der Waals surface area contributed by atoms with Crippen molar-refractivity contribution >= 4 is 22.6 Å². The number of hydrogen-bond donors (Lipinski definition) is 1. The summed E-state index contributed by atoms with van der Waals surface area (Å²) in [4.78, 5) is 2.54. The lowest BCUT2D eigenvalue weighted by Crippen LogP contribution is -2.40. The highest BCUT2D eigenvalue weighted by Crippen LogP contribution is 2.22. The Labute approximate surface area is 136 Å². The van der Waals surface area contributed by atoms with Crippen LogP contribution >= 0.6 is 22.6 Å². The van der Waals surface area contributed by atoms with Crippen LogP contribution in [0.1, 0.15) is 31.4 Å². The van der Waals surface area contributed by atoms with Crippen LogP contribution in [0.25, 0.3) is 0 Å². The van der Waals surface area contributed by atoms with Crippen molar-refractivity contribution in [1.82, 2.24) is 10.2 Å². The molecule has 20 heavy (non-hydrogen) atoms. The Morgan fingerprint density at radius 1 is 1.40 bits per heavy atom. The van der Waals surface area contributed by atoms with E-state index in [1.54, 1.807) is 7.11 Å². The molecule has 1 saturated heterocycles. The first-order valence-electron chi connectivity index (χ1n) is 7.42. The summed E-state index contributed by atoms with van der Waals surface area (Å²) in [6, 6.07) is 9.94. The van der Waals surface area contributed by atoms with Crippen LogP contribution in [-0.4, -0.2) is 44.3 Å². The summed E-state index contributed by atoms with van der Waals surface area (Å²) in [7, 11) is 1.78. The van der Waals surface area contributed by atoms with E-state index >= 15 is 0 Å². The van der Waals surface area contributed by atoms with Crippen LogP contribution in [0.3, 0.4) is 0 Å². The van der Waals surface area contributed by atoms with Gasteiger partial charge in [0.2, 0.25) is 0 Å². The van der Waals surface area contributed by atoms with E-state index < -0.39 is 0 Å². The first-order chi connectivity index (χ1) is 9.70. The summed E-state index contributed by atoms with van der Waals surface area (Å²) in [5, 5.41) is 3.60. The molecule has 3 nitrogen and oxygen atoms in total. The molecule has 2 rings (SSSR count). The molecule has 1 aromatic carbocycles. The summed E-state index contributed by atoms with van der Waals surface area (Å²) in [6.07, 6.45) is 2.60. The third-order valence-electron chi connectivity index (χ3n) is 4.10. The van der Waals surface area contributed by atoms with Crippen molar-refractivity contribution in [2.24, 2.45) is 0 Å². The molecule has 2 atom stereocenters. The Bertz CT molecular complexity index is 390. The summed E-state index contributed by atoms with van der Waals surface area (Å²) in [5.41, 5.74) is 1.39. The van der Waals surface area contributed by atoms with Crippen LogP contribution in [0.4, 0.5) is 0 Å². The quantitative estimate of drug-likeness (QED) is 0.727. The van der Waals surface area contributed by atoms with Gasteiger partial charge in [0.1, 0.15) is 0 Å². The van der Waals surface area contributed by atoms with Crippen molar-refractivity contribution in [3.8, 4) is 0 Å². The standard InChI is InChI=1S/C16H25IN2O/c1-13(14-5-7-15(17)8-6-14)19(10-11-20-2)12-16-4-3-9-18-16/h5-8,13,16,18H,3-4,9-12H2,1-2H3. The molecule has 1 aromatic rings. The molecule has 0 amide bonds. The zero-order valence-electron chi connectivity index (χ0n) is 12.4. The second kappa shape index (κ2) is 8.32. The first kappa shape index (κ1) is 16.2. The van der Waals surface area contributed by atoms with E-state index in [0.29, 0.717) is 12.1 Å². The Balaban J connectivity index is 2.01. The molecule has 0 spiro atoms. The fraction of sp³-hybridized carbons (Fsp3) is 0.625. The third-order valence-corrected chi connectivity index (χ3v) is 4.82. The topological polar surface area (TPSA) is 24.5 Å². The largest absolute Gasteiger partial charge is 0.383 e. The van der Waals surface area contributed by atoms with Gasteiger partial charge in [-0.3, -0.25) is 4.90 Å². The minimum Gasteiger partial charge on any atom is -0.383 e. The summed E-state index contributed by atoms with van der Waals surface area (Å²) >= 11 is 2.36. The molecule has 4 heteroatoms. The maximum absolute atomic E-state index is 5.28. The lowest BCUT2D eigenvalue weighted by molar-refractivity contribution is 0.118. The monoisotopic (exact) mass is 388 g/mol. The molecule has 1 aliphatic heterocycles. The second-order valence-corrected chi connectivity index (χ2v) is 6.75. The van der Waals surface area contributed by atoms with Gasteiger partial charge in [-0.05, 0) is 66.6 Å². The maximum atomic E-state index is 5.28. The number of ether oxygens (including phenoxy) is 1. The van der Waals surface area contributed by atoms with Gasteiger partial charge in [0.15, 0.2) is 0 Å². The number of halogens is 1. The van der Waals surface area contributed by atoms with Crippen molar-refractivity contribution in [3.63, 3.8) is 0 Å². The zero-order valence-corrected chi connectivity index (χ0v) is 14.6. The second-order valence-electron chi connectivity index (χ2n) is 5.51. The van der Waals surface area contributed by atoms with Gasteiger partial charge in [-0.15, -0.1) is 0 Å². The average molecular weight is 388 g/mol. The molecule has 1 fully saturated rings. The highest BCUT2D eigenvalue weighted by Gasteiger charge is 2.22. The minimum absolute atomic E-state index is 0.435. The number of nitrogens with zero attached hydrogens (tertiary/aromatic N) is 1. The lowest BCUT2D eigenvalue weighted by atomic mass is 10.1. The molecule has 1 aliphatic rings. The Morgan fingerprint density at radius 2 is 2.15 bits per heavy atom. The predicted octanol–water partition coefficient (Wildman–Crippen LogP) is 3.05. The van der Waals surface area contributed by atoms with Crippen LogP contribution in [0, 0.1) is 3.57 Å². The van der Waals surface area contributed by atoms with Crippen LogP contribution in [0.15, 0.2) is 24.3 Å². The molecular formula is C16H25IN2O. The third kappa shape index (κ3) is 4.69. The fourth-order valence-electron chi connectivity index (χ4n) is 2.80. The fourth-order valence-corrected chi connectivity index (χ4v) is 3.16. The summed E-state index contributed by atoms with van der Waals surface area (Å²) < 4.78 is 6.57. The number of benzene rings is 1. The molecule has 1 heterocycles. The zero-order chi connectivity index (χ0) is 14.4. The van der Waals surface area contributed by atoms with Crippen molar-refractivity contribution in [2.45, 2.75) is 31.8 Å². The Hall–Kier alpha value is -0.170. The van der Waals surface area contributed by atoms with Crippen LogP contribution in [0.2, 0.25) is 0 Å². The van der Waals surface area contributed by atoms with Crippen molar-refractivity contribution in [1.29, 1.82) is 0 Å². The average Bonchev–Trinajstić information content (AvgIpc) is 2.96. The summed E-state index contributed by atoms with van der Waals surface area (Å²) in [5.74, 6) is 0. The minimum atomic E-state index is 0.435. The van der Waals surface area contributed by atoms with E-state index in [1.165, 1.54) is 28.5 Å². The van der Waals surface area contributed by atoms with Crippen LogP contribution in [-0.2, 0) is 4.74 Å². The Morgan fingerprint density at radius 3 is 2.75 bits per heavy atom. The molecule has 0 aliphatic carbocycles. The number of nitrogens with one attached hydrogen (secondary N) is 1. The van der Waals surface area contributed by atoms with Crippen LogP contribution in [0.5, 0.6) is 0 Å². The molecule has 0 bridgehead atoms. The van der Waals surface area contributed by atoms with Gasteiger partial charge in [-0.1, -0.05) is 12.1 Å². The molecule has 0 saturated carbocycles. The van der Waals surface area contributed by atoms with Crippen molar-refractivity contribution < 1.29 is 4.74 Å². The smallest absolute Gasteiger partial charge is 0.0589 e. The number of hydrogen-bond acceptors (Lipinski definition) is 3. The molecule has 0 radical (unpaired) electrons. The highest BCUT2D eigenvalue weighted by atomic mass is 127. The highest BCUT2D eigenvalue weighted by molar-refractivity contribution is 14.1. The Kier molecular flexibility index (Phi) is 6.74. The van der Waals surface area contributed by atoms with Crippen molar-refractivity contribution in [2.75, 3.05) is 33.4 Å². The molecule has 1 N–H and O–H groups in total. The van der Waals surface area contributed by atoms with E-state index in [2.05, 4.69) is 64.0 Å². The molecule has 2 unspecified atom stereocenters. The van der Waals surface area contributed by atoms with E-state index in [-0.39, 0.29) is 0 Å².